The molecule has 1 saturated heterocycles. The van der Waals surface area contributed by atoms with Crippen LogP contribution in [0.15, 0.2) is 0 Å². The van der Waals surface area contributed by atoms with Gasteiger partial charge < -0.3 is 20.1 Å². The maximum atomic E-state index is 5.83. The molecule has 0 saturated carbocycles. The highest BCUT2D eigenvalue weighted by molar-refractivity contribution is 5.85. The van der Waals surface area contributed by atoms with Crippen molar-refractivity contribution in [1.29, 1.82) is 0 Å². The highest BCUT2D eigenvalue weighted by atomic mass is 35.5. The Kier molecular flexibility index (Phi) is 4.71. The maximum Gasteiger partial charge on any atom is 0.324 e. The van der Waals surface area contributed by atoms with Crippen molar-refractivity contribution in [2.24, 2.45) is 5.73 Å². The van der Waals surface area contributed by atoms with Gasteiger partial charge >= 0.3 is 12.0 Å². The number of rotatable bonds is 3. The van der Waals surface area contributed by atoms with Crippen molar-refractivity contribution in [3.8, 4) is 12.0 Å². The first-order chi connectivity index (χ1) is 7.72. The molecule has 7 nitrogen and oxygen atoms in total. The lowest BCUT2D eigenvalue weighted by molar-refractivity contribution is 0.340. The van der Waals surface area contributed by atoms with E-state index in [0.717, 1.165) is 19.5 Å². The Labute approximate surface area is 106 Å². The van der Waals surface area contributed by atoms with Crippen LogP contribution in [-0.2, 0) is 0 Å². The van der Waals surface area contributed by atoms with Gasteiger partial charge in [0.2, 0.25) is 5.95 Å². The smallest absolute Gasteiger partial charge is 0.324 e. The summed E-state index contributed by atoms with van der Waals surface area (Å²) in [6.07, 6.45) is 0.941. The van der Waals surface area contributed by atoms with E-state index in [0.29, 0.717) is 5.95 Å². The van der Waals surface area contributed by atoms with Crippen molar-refractivity contribution in [2.45, 2.75) is 12.5 Å². The first-order valence-electron chi connectivity index (χ1n) is 5.07. The van der Waals surface area contributed by atoms with Gasteiger partial charge in [-0.1, -0.05) is 0 Å². The summed E-state index contributed by atoms with van der Waals surface area (Å²) < 4.78 is 9.97. The van der Waals surface area contributed by atoms with Crippen molar-refractivity contribution in [1.82, 2.24) is 15.0 Å². The first kappa shape index (κ1) is 13.7. The SMILES string of the molecule is COc1nc(OC)nc(N2CC[C@H](N)C2)n1.Cl. The second-order valence-corrected chi connectivity index (χ2v) is 3.60. The quantitative estimate of drug-likeness (QED) is 0.810. The Bertz CT molecular complexity index is 356. The van der Waals surface area contributed by atoms with Gasteiger partial charge in [-0.2, -0.15) is 9.97 Å². The molecule has 0 aliphatic carbocycles. The van der Waals surface area contributed by atoms with Gasteiger partial charge in [0.1, 0.15) is 0 Å². The molecule has 2 heterocycles. The van der Waals surface area contributed by atoms with Gasteiger partial charge in [0.25, 0.3) is 0 Å². The van der Waals surface area contributed by atoms with Crippen LogP contribution >= 0.6 is 12.4 Å². The van der Waals surface area contributed by atoms with Gasteiger partial charge in [-0.3, -0.25) is 0 Å². The lowest BCUT2D eigenvalue weighted by Crippen LogP contribution is -2.27. The second kappa shape index (κ2) is 5.83. The molecule has 8 heteroatoms. The normalized spacial score (nSPS) is 18.8. The largest absolute Gasteiger partial charge is 0.467 e. The maximum absolute atomic E-state index is 5.83. The zero-order chi connectivity index (χ0) is 11.5. The van der Waals surface area contributed by atoms with Crippen LogP contribution in [0.3, 0.4) is 0 Å². The van der Waals surface area contributed by atoms with E-state index in [1.807, 2.05) is 4.90 Å². The number of nitrogens with two attached hydrogens (primary N) is 1. The average Bonchev–Trinajstić information content (AvgIpc) is 2.75. The molecule has 17 heavy (non-hydrogen) atoms. The van der Waals surface area contributed by atoms with E-state index in [4.69, 9.17) is 15.2 Å². The Morgan fingerprint density at radius 3 is 2.18 bits per heavy atom. The van der Waals surface area contributed by atoms with Crippen LogP contribution < -0.4 is 20.1 Å². The predicted octanol–water partition coefficient (Wildman–Crippen LogP) is -0.152. The summed E-state index contributed by atoms with van der Waals surface area (Å²) in [6.45, 7) is 1.59. The van der Waals surface area contributed by atoms with Crippen molar-refractivity contribution in [3.05, 3.63) is 0 Å². The van der Waals surface area contributed by atoms with Crippen molar-refractivity contribution in [3.63, 3.8) is 0 Å². The number of aromatic nitrogens is 3. The number of methoxy groups -OCH3 is 2. The van der Waals surface area contributed by atoms with E-state index in [1.165, 1.54) is 14.2 Å². The summed E-state index contributed by atoms with van der Waals surface area (Å²) in [5.74, 6) is 0.552. The molecule has 0 amide bonds. The standard InChI is InChI=1S/C9H15N5O2.ClH/c1-15-8-11-7(12-9(13-8)16-2)14-4-3-6(10)5-14;/h6H,3-5,10H2,1-2H3;1H/t6-;/m0./s1. The molecule has 2 N–H and O–H groups in total. The third-order valence-corrected chi connectivity index (χ3v) is 2.46. The van der Waals surface area contributed by atoms with Gasteiger partial charge in [-0.25, -0.2) is 0 Å². The minimum atomic E-state index is 0. The van der Waals surface area contributed by atoms with E-state index >= 15 is 0 Å². The second-order valence-electron chi connectivity index (χ2n) is 3.60. The predicted molar refractivity (Wildman–Crippen MR) is 65.0 cm³/mol. The van der Waals surface area contributed by atoms with E-state index < -0.39 is 0 Å². The molecule has 1 fully saturated rings. The number of anilines is 1. The molecule has 0 spiro atoms. The Morgan fingerprint density at radius 1 is 1.18 bits per heavy atom. The monoisotopic (exact) mass is 261 g/mol. The van der Waals surface area contributed by atoms with Crippen LogP contribution in [0.1, 0.15) is 6.42 Å². The van der Waals surface area contributed by atoms with Crippen LogP contribution in [0, 0.1) is 0 Å². The molecule has 96 valence electrons. The third kappa shape index (κ3) is 3.07. The van der Waals surface area contributed by atoms with Crippen LogP contribution in [0.2, 0.25) is 0 Å². The lowest BCUT2D eigenvalue weighted by atomic mass is 10.3. The molecular formula is C9H16ClN5O2. The molecule has 0 radical (unpaired) electrons. The average molecular weight is 262 g/mol. The van der Waals surface area contributed by atoms with Crippen LogP contribution in [0.4, 0.5) is 5.95 Å². The Hall–Kier alpha value is -1.34. The zero-order valence-electron chi connectivity index (χ0n) is 9.79. The molecule has 1 aliphatic heterocycles. The number of hydrogen-bond acceptors (Lipinski definition) is 7. The highest BCUT2D eigenvalue weighted by Gasteiger charge is 2.22. The fraction of sp³-hybridized carbons (Fsp3) is 0.667. The topological polar surface area (TPSA) is 86.4 Å². The van der Waals surface area contributed by atoms with Gasteiger partial charge in [-0.15, -0.1) is 17.4 Å². The number of halogens is 1. The fourth-order valence-electron chi connectivity index (χ4n) is 1.62. The minimum absolute atomic E-state index is 0. The molecule has 1 atom stereocenters. The molecular weight excluding hydrogens is 246 g/mol. The lowest BCUT2D eigenvalue weighted by Gasteiger charge is -2.15. The molecule has 1 aromatic heterocycles. The van der Waals surface area contributed by atoms with Gasteiger partial charge in [0.05, 0.1) is 14.2 Å². The number of nitrogens with zero attached hydrogens (tertiary/aromatic N) is 4. The van der Waals surface area contributed by atoms with E-state index in [2.05, 4.69) is 15.0 Å². The molecule has 1 aliphatic rings. The van der Waals surface area contributed by atoms with Gasteiger partial charge in [0, 0.05) is 19.1 Å². The summed E-state index contributed by atoms with van der Waals surface area (Å²) in [7, 11) is 3.02. The van der Waals surface area contributed by atoms with Crippen molar-refractivity contribution in [2.75, 3.05) is 32.2 Å². The molecule has 0 aromatic carbocycles. The summed E-state index contributed by atoms with van der Waals surface area (Å²) in [6, 6.07) is 0.679. The van der Waals surface area contributed by atoms with Crippen molar-refractivity contribution < 1.29 is 9.47 Å². The molecule has 0 bridgehead atoms. The van der Waals surface area contributed by atoms with Crippen molar-refractivity contribution >= 4 is 18.4 Å². The van der Waals surface area contributed by atoms with Crippen LogP contribution in [0.25, 0.3) is 0 Å². The zero-order valence-corrected chi connectivity index (χ0v) is 10.6. The molecule has 0 unspecified atom stereocenters. The highest BCUT2D eigenvalue weighted by Crippen LogP contribution is 2.19. The Morgan fingerprint density at radius 2 is 1.76 bits per heavy atom. The summed E-state index contributed by atoms with van der Waals surface area (Å²) in [5, 5.41) is 0. The van der Waals surface area contributed by atoms with E-state index in [-0.39, 0.29) is 30.5 Å². The van der Waals surface area contributed by atoms with Crippen LogP contribution in [0.5, 0.6) is 12.0 Å². The van der Waals surface area contributed by atoms with E-state index in [9.17, 15) is 0 Å². The van der Waals surface area contributed by atoms with Gasteiger partial charge in [0.15, 0.2) is 0 Å². The number of hydrogen-bond donors (Lipinski definition) is 1. The van der Waals surface area contributed by atoms with Gasteiger partial charge in [-0.05, 0) is 6.42 Å². The third-order valence-electron chi connectivity index (χ3n) is 2.46. The Balaban J connectivity index is 0.00000144. The summed E-state index contributed by atoms with van der Waals surface area (Å²) in [5.41, 5.74) is 5.83. The molecule has 2 rings (SSSR count). The summed E-state index contributed by atoms with van der Waals surface area (Å²) in [4.78, 5) is 14.3. The van der Waals surface area contributed by atoms with Crippen LogP contribution in [-0.4, -0.2) is 48.3 Å². The first-order valence-corrected chi connectivity index (χ1v) is 5.07. The minimum Gasteiger partial charge on any atom is -0.467 e. The summed E-state index contributed by atoms with van der Waals surface area (Å²) >= 11 is 0. The molecule has 1 aromatic rings. The number of ether oxygens (including phenoxy) is 2. The fourth-order valence-corrected chi connectivity index (χ4v) is 1.62. The van der Waals surface area contributed by atoms with E-state index in [1.54, 1.807) is 0 Å².